The van der Waals surface area contributed by atoms with Crippen LogP contribution in [0.2, 0.25) is 0 Å². The highest BCUT2D eigenvalue weighted by Gasteiger charge is 2.67. The lowest BCUT2D eigenvalue weighted by molar-refractivity contribution is -0.140. The molecular formula is C19H18N2O2. The Kier molecular flexibility index (Phi) is 2.53. The van der Waals surface area contributed by atoms with Crippen LogP contribution in [0.3, 0.4) is 0 Å². The molecule has 0 aromatic heterocycles. The quantitative estimate of drug-likeness (QED) is 0.478. The summed E-state index contributed by atoms with van der Waals surface area (Å²) in [5.41, 5.74) is 2.07. The zero-order valence-electron chi connectivity index (χ0n) is 12.9. The SMILES string of the molecule is Cc1ccc(/C=N/N2C(=O)C3C4C=CC(C5CC45)C3C2=O)cc1. The summed E-state index contributed by atoms with van der Waals surface area (Å²) in [6, 6.07) is 7.87. The van der Waals surface area contributed by atoms with Crippen LogP contribution < -0.4 is 0 Å². The van der Waals surface area contributed by atoms with Crippen LogP contribution in [0.25, 0.3) is 0 Å². The fourth-order valence-corrected chi connectivity index (χ4v) is 4.83. The number of hydrazone groups is 1. The summed E-state index contributed by atoms with van der Waals surface area (Å²) in [4.78, 5) is 25.5. The molecule has 5 aliphatic rings. The molecule has 3 fully saturated rings. The van der Waals surface area contributed by atoms with Crippen molar-refractivity contribution < 1.29 is 9.59 Å². The van der Waals surface area contributed by atoms with Gasteiger partial charge in [0.1, 0.15) is 0 Å². The van der Waals surface area contributed by atoms with Crippen LogP contribution in [0, 0.1) is 42.4 Å². The molecule has 2 saturated carbocycles. The number of nitrogens with zero attached hydrogens (tertiary/aromatic N) is 2. The van der Waals surface area contributed by atoms with Gasteiger partial charge in [-0.1, -0.05) is 42.0 Å². The van der Waals surface area contributed by atoms with E-state index in [-0.39, 0.29) is 35.5 Å². The maximum atomic E-state index is 12.7. The lowest BCUT2D eigenvalue weighted by atomic mass is 9.63. The smallest absolute Gasteiger partial charge is 0.254 e. The van der Waals surface area contributed by atoms with Crippen molar-refractivity contribution >= 4 is 18.0 Å². The molecule has 1 saturated heterocycles. The van der Waals surface area contributed by atoms with Crippen LogP contribution in [0.15, 0.2) is 41.5 Å². The summed E-state index contributed by atoms with van der Waals surface area (Å²) >= 11 is 0. The number of allylic oxidation sites excluding steroid dienone is 2. The minimum atomic E-state index is -0.170. The predicted octanol–water partition coefficient (Wildman–Crippen LogP) is 2.38. The molecule has 0 radical (unpaired) electrons. The van der Waals surface area contributed by atoms with E-state index in [0.29, 0.717) is 11.8 Å². The number of carbonyl (C=O) groups excluding carboxylic acids is 2. The number of amides is 2. The second kappa shape index (κ2) is 4.40. The second-order valence-electron chi connectivity index (χ2n) is 7.30. The molecule has 0 N–H and O–H groups in total. The van der Waals surface area contributed by atoms with Crippen LogP contribution in [-0.4, -0.2) is 23.0 Å². The molecular weight excluding hydrogens is 288 g/mol. The van der Waals surface area contributed by atoms with E-state index in [0.717, 1.165) is 10.6 Å². The molecule has 1 aliphatic heterocycles. The van der Waals surface area contributed by atoms with Crippen molar-refractivity contribution in [3.63, 3.8) is 0 Å². The van der Waals surface area contributed by atoms with Crippen LogP contribution in [0.4, 0.5) is 0 Å². The van der Waals surface area contributed by atoms with Gasteiger partial charge in [0, 0.05) is 0 Å². The van der Waals surface area contributed by atoms with Crippen LogP contribution in [0.5, 0.6) is 0 Å². The second-order valence-corrected chi connectivity index (χ2v) is 7.30. The van der Waals surface area contributed by atoms with Gasteiger partial charge in [0.25, 0.3) is 11.8 Å². The van der Waals surface area contributed by atoms with E-state index < -0.39 is 0 Å². The predicted molar refractivity (Wildman–Crippen MR) is 85.3 cm³/mol. The topological polar surface area (TPSA) is 49.7 Å². The van der Waals surface area contributed by atoms with Crippen molar-refractivity contribution in [1.82, 2.24) is 5.01 Å². The van der Waals surface area contributed by atoms with Crippen molar-refractivity contribution in [3.05, 3.63) is 47.5 Å². The lowest BCUT2D eigenvalue weighted by Crippen LogP contribution is -2.40. The van der Waals surface area contributed by atoms with E-state index in [1.165, 1.54) is 12.0 Å². The van der Waals surface area contributed by atoms with Crippen molar-refractivity contribution in [1.29, 1.82) is 0 Å². The van der Waals surface area contributed by atoms with Crippen LogP contribution in [0.1, 0.15) is 17.5 Å². The third kappa shape index (κ3) is 1.75. The van der Waals surface area contributed by atoms with Crippen LogP contribution in [-0.2, 0) is 9.59 Å². The van der Waals surface area contributed by atoms with Gasteiger partial charge in [0.2, 0.25) is 0 Å². The summed E-state index contributed by atoms with van der Waals surface area (Å²) in [6.07, 6.45) is 7.15. The van der Waals surface area contributed by atoms with Gasteiger partial charge in [0.05, 0.1) is 18.1 Å². The summed E-state index contributed by atoms with van der Waals surface area (Å²) in [7, 11) is 0. The third-order valence-electron chi connectivity index (χ3n) is 6.04. The average Bonchev–Trinajstić information content (AvgIpc) is 3.33. The number of rotatable bonds is 2. The first-order valence-corrected chi connectivity index (χ1v) is 8.32. The number of hydrogen-bond donors (Lipinski definition) is 0. The summed E-state index contributed by atoms with van der Waals surface area (Å²) in [5, 5.41) is 5.36. The molecule has 116 valence electrons. The Morgan fingerprint density at radius 3 is 2.13 bits per heavy atom. The molecule has 1 heterocycles. The highest BCUT2D eigenvalue weighted by atomic mass is 16.2. The van der Waals surface area contributed by atoms with Gasteiger partial charge in [-0.3, -0.25) is 9.59 Å². The largest absolute Gasteiger partial charge is 0.272 e. The minimum Gasteiger partial charge on any atom is -0.272 e. The molecule has 6 unspecified atom stereocenters. The molecule has 6 rings (SSSR count). The van der Waals surface area contributed by atoms with E-state index in [9.17, 15) is 9.59 Å². The Labute approximate surface area is 134 Å². The first-order chi connectivity index (χ1) is 11.1. The van der Waals surface area contributed by atoms with Gasteiger partial charge in [-0.25, -0.2) is 0 Å². The monoisotopic (exact) mass is 306 g/mol. The highest BCUT2D eigenvalue weighted by molar-refractivity contribution is 6.06. The van der Waals surface area contributed by atoms with E-state index in [1.807, 2.05) is 31.2 Å². The average molecular weight is 306 g/mol. The minimum absolute atomic E-state index is 0.104. The molecule has 2 bridgehead atoms. The Bertz CT molecular complexity index is 728. The highest BCUT2D eigenvalue weighted by Crippen LogP contribution is 2.65. The molecule has 4 heteroatoms. The Morgan fingerprint density at radius 2 is 1.57 bits per heavy atom. The maximum Gasteiger partial charge on any atom is 0.254 e. The van der Waals surface area contributed by atoms with Crippen molar-refractivity contribution in [2.45, 2.75) is 13.3 Å². The van der Waals surface area contributed by atoms with Crippen molar-refractivity contribution in [3.8, 4) is 0 Å². The normalized spacial score (nSPS) is 40.0. The van der Waals surface area contributed by atoms with Crippen LogP contribution >= 0.6 is 0 Å². The third-order valence-corrected chi connectivity index (χ3v) is 6.04. The summed E-state index contributed by atoms with van der Waals surface area (Å²) in [5.74, 6) is 1.22. The van der Waals surface area contributed by atoms with E-state index in [2.05, 4.69) is 17.3 Å². The molecule has 2 amide bonds. The maximum absolute atomic E-state index is 12.7. The first kappa shape index (κ1) is 13.2. The Hall–Kier alpha value is -2.23. The zero-order chi connectivity index (χ0) is 15.7. The standard InChI is InChI=1S/C19H18N2O2/c1-10-2-4-11(5-3-10)9-20-21-18(22)16-12-6-7-13(15-8-14(12)15)17(16)19(21)23/h2-7,9,12-17H,8H2,1H3/b20-9+. The number of imide groups is 1. The van der Waals surface area contributed by atoms with E-state index in [1.54, 1.807) is 6.21 Å². The lowest BCUT2D eigenvalue weighted by Gasteiger charge is -2.37. The van der Waals surface area contributed by atoms with Crippen molar-refractivity contribution in [2.75, 3.05) is 0 Å². The summed E-state index contributed by atoms with van der Waals surface area (Å²) < 4.78 is 0. The molecule has 1 aromatic rings. The van der Waals surface area contributed by atoms with Gasteiger partial charge in [-0.05, 0) is 42.6 Å². The van der Waals surface area contributed by atoms with Gasteiger partial charge in [-0.2, -0.15) is 10.1 Å². The summed E-state index contributed by atoms with van der Waals surface area (Å²) in [6.45, 7) is 2.02. The molecule has 4 aliphatic carbocycles. The van der Waals surface area contributed by atoms with E-state index in [4.69, 9.17) is 0 Å². The van der Waals surface area contributed by atoms with Gasteiger partial charge >= 0.3 is 0 Å². The molecule has 4 nitrogen and oxygen atoms in total. The fraction of sp³-hybridized carbons (Fsp3) is 0.421. The molecule has 6 atom stereocenters. The molecule has 23 heavy (non-hydrogen) atoms. The fourth-order valence-electron chi connectivity index (χ4n) is 4.83. The van der Waals surface area contributed by atoms with E-state index >= 15 is 0 Å². The van der Waals surface area contributed by atoms with Gasteiger partial charge < -0.3 is 0 Å². The Balaban J connectivity index is 1.44. The number of hydrogen-bond acceptors (Lipinski definition) is 3. The number of aryl methyl sites for hydroxylation is 1. The van der Waals surface area contributed by atoms with Gasteiger partial charge in [0.15, 0.2) is 0 Å². The number of benzene rings is 1. The molecule has 0 spiro atoms. The number of carbonyl (C=O) groups is 2. The van der Waals surface area contributed by atoms with Crippen molar-refractivity contribution in [2.24, 2.45) is 40.6 Å². The molecule has 1 aromatic carbocycles. The first-order valence-electron chi connectivity index (χ1n) is 8.32. The zero-order valence-corrected chi connectivity index (χ0v) is 12.9. The van der Waals surface area contributed by atoms with Gasteiger partial charge in [-0.15, -0.1) is 0 Å². The Morgan fingerprint density at radius 1 is 1.00 bits per heavy atom.